The molecule has 1 heterocycles. The Bertz CT molecular complexity index is 461. The highest BCUT2D eigenvalue weighted by atomic mass is 16.5. The first-order chi connectivity index (χ1) is 8.22. The first-order valence-corrected chi connectivity index (χ1v) is 5.82. The van der Waals surface area contributed by atoms with Crippen molar-refractivity contribution in [1.82, 2.24) is 0 Å². The Hall–Kier alpha value is -1.77. The van der Waals surface area contributed by atoms with Gasteiger partial charge in [0.1, 0.15) is 5.75 Å². The van der Waals surface area contributed by atoms with E-state index in [4.69, 9.17) is 9.47 Å². The number of carbonyl (C=O) groups excluding carboxylic acids is 1. The molecule has 0 N–H and O–H groups in total. The van der Waals surface area contributed by atoms with Crippen LogP contribution >= 0.6 is 0 Å². The lowest BCUT2D eigenvalue weighted by atomic mass is 9.97. The third-order valence-electron chi connectivity index (χ3n) is 2.75. The number of carbonyl (C=O) groups is 1. The molecule has 0 aromatic heterocycles. The van der Waals surface area contributed by atoms with Gasteiger partial charge in [-0.2, -0.15) is 0 Å². The highest BCUT2D eigenvalue weighted by molar-refractivity contribution is 5.92. The second-order valence-corrected chi connectivity index (χ2v) is 3.97. The minimum absolute atomic E-state index is 0.281. The predicted octanol–water partition coefficient (Wildman–Crippen LogP) is 2.72. The molecule has 2 rings (SSSR count). The van der Waals surface area contributed by atoms with Crippen LogP contribution in [0, 0.1) is 6.92 Å². The van der Waals surface area contributed by atoms with Gasteiger partial charge in [-0.15, -0.1) is 0 Å². The van der Waals surface area contributed by atoms with Gasteiger partial charge in [0.2, 0.25) is 0 Å². The van der Waals surface area contributed by atoms with Gasteiger partial charge in [0.25, 0.3) is 0 Å². The van der Waals surface area contributed by atoms with E-state index in [-0.39, 0.29) is 5.97 Å². The van der Waals surface area contributed by atoms with Crippen LogP contribution in [0.2, 0.25) is 0 Å². The normalized spacial score (nSPS) is 16.2. The smallest absolute Gasteiger partial charge is 0.331 e. The van der Waals surface area contributed by atoms with E-state index < -0.39 is 0 Å². The third-order valence-corrected chi connectivity index (χ3v) is 2.75. The topological polar surface area (TPSA) is 35.5 Å². The first-order valence-electron chi connectivity index (χ1n) is 5.82. The summed E-state index contributed by atoms with van der Waals surface area (Å²) in [5, 5.41) is 0. The molecule has 0 amide bonds. The summed E-state index contributed by atoms with van der Waals surface area (Å²) in [6.45, 7) is 4.83. The zero-order chi connectivity index (χ0) is 12.3. The van der Waals surface area contributed by atoms with Crippen molar-refractivity contribution in [2.24, 2.45) is 0 Å². The minimum Gasteiger partial charge on any atom is -0.492 e. The summed E-state index contributed by atoms with van der Waals surface area (Å²) in [5.74, 6) is 0.603. The fraction of sp³-hybridized carbons (Fsp3) is 0.357. The van der Waals surface area contributed by atoms with Crippen LogP contribution in [0.1, 0.15) is 24.5 Å². The summed E-state index contributed by atoms with van der Waals surface area (Å²) in [6, 6.07) is 5.96. The first kappa shape index (κ1) is 11.7. The summed E-state index contributed by atoms with van der Waals surface area (Å²) in [6.07, 6.45) is 2.32. The highest BCUT2D eigenvalue weighted by Crippen LogP contribution is 2.35. The van der Waals surface area contributed by atoms with Crippen LogP contribution in [0.15, 0.2) is 24.3 Å². The molecule has 0 fully saturated rings. The van der Waals surface area contributed by atoms with E-state index in [0.29, 0.717) is 13.2 Å². The maximum absolute atomic E-state index is 11.5. The molecule has 3 nitrogen and oxygen atoms in total. The van der Waals surface area contributed by atoms with Gasteiger partial charge in [0.05, 0.1) is 13.2 Å². The van der Waals surface area contributed by atoms with Crippen molar-refractivity contribution >= 4 is 11.5 Å². The second kappa shape index (κ2) is 5.04. The number of ether oxygens (including phenoxy) is 2. The van der Waals surface area contributed by atoms with Gasteiger partial charge in [0.15, 0.2) is 0 Å². The lowest BCUT2D eigenvalue weighted by Gasteiger charge is -2.21. The molecule has 1 aromatic carbocycles. The molecule has 0 spiro atoms. The largest absolute Gasteiger partial charge is 0.492 e. The molecule has 0 saturated carbocycles. The van der Waals surface area contributed by atoms with Gasteiger partial charge in [-0.1, -0.05) is 18.2 Å². The lowest BCUT2D eigenvalue weighted by Crippen LogP contribution is -2.10. The van der Waals surface area contributed by atoms with Crippen molar-refractivity contribution in [2.45, 2.75) is 20.3 Å². The molecule has 1 aliphatic heterocycles. The summed E-state index contributed by atoms with van der Waals surface area (Å²) in [7, 11) is 0. The monoisotopic (exact) mass is 232 g/mol. The molecule has 0 saturated heterocycles. The Morgan fingerprint density at radius 2 is 2.35 bits per heavy atom. The molecule has 0 atom stereocenters. The number of benzene rings is 1. The van der Waals surface area contributed by atoms with Crippen molar-refractivity contribution in [3.05, 3.63) is 35.4 Å². The van der Waals surface area contributed by atoms with E-state index >= 15 is 0 Å². The predicted molar refractivity (Wildman–Crippen MR) is 65.9 cm³/mol. The van der Waals surface area contributed by atoms with Crippen molar-refractivity contribution in [3.63, 3.8) is 0 Å². The van der Waals surface area contributed by atoms with Gasteiger partial charge >= 0.3 is 5.97 Å². The van der Waals surface area contributed by atoms with E-state index in [2.05, 4.69) is 0 Å². The second-order valence-electron chi connectivity index (χ2n) is 3.97. The van der Waals surface area contributed by atoms with Crippen LogP contribution in [0.3, 0.4) is 0 Å². The fourth-order valence-electron chi connectivity index (χ4n) is 1.97. The number of rotatable bonds is 2. The van der Waals surface area contributed by atoms with E-state index in [0.717, 1.165) is 28.9 Å². The van der Waals surface area contributed by atoms with Gasteiger partial charge in [-0.3, -0.25) is 0 Å². The van der Waals surface area contributed by atoms with E-state index in [1.807, 2.05) is 25.1 Å². The molecular weight excluding hydrogens is 216 g/mol. The number of aryl methyl sites for hydroxylation is 1. The molecule has 3 heteroatoms. The highest BCUT2D eigenvalue weighted by Gasteiger charge is 2.17. The maximum Gasteiger partial charge on any atom is 0.331 e. The zero-order valence-corrected chi connectivity index (χ0v) is 10.2. The molecule has 90 valence electrons. The molecule has 0 radical (unpaired) electrons. The van der Waals surface area contributed by atoms with Gasteiger partial charge in [0, 0.05) is 18.1 Å². The molecule has 0 bridgehead atoms. The average molecular weight is 232 g/mol. The number of para-hydroxylation sites is 1. The molecule has 1 aromatic rings. The fourth-order valence-corrected chi connectivity index (χ4v) is 1.97. The number of fused-ring (bicyclic) bond motifs is 1. The molecule has 0 unspecified atom stereocenters. The van der Waals surface area contributed by atoms with Crippen molar-refractivity contribution < 1.29 is 14.3 Å². The van der Waals surface area contributed by atoms with Crippen LogP contribution in [0.4, 0.5) is 0 Å². The molecular formula is C14H16O3. The van der Waals surface area contributed by atoms with Gasteiger partial charge < -0.3 is 9.47 Å². The zero-order valence-electron chi connectivity index (χ0n) is 10.2. The van der Waals surface area contributed by atoms with Crippen LogP contribution in [-0.2, 0) is 9.53 Å². The lowest BCUT2D eigenvalue weighted by molar-refractivity contribution is -0.137. The number of hydrogen-bond donors (Lipinski definition) is 0. The Kier molecular flexibility index (Phi) is 3.47. The summed E-state index contributed by atoms with van der Waals surface area (Å²) in [5.41, 5.74) is 3.09. The SMILES string of the molecule is CCOC(=O)/C=C1\CCOc2c(C)cccc21. The maximum atomic E-state index is 11.5. The standard InChI is InChI=1S/C14H16O3/c1-3-16-13(15)9-11-7-8-17-14-10(2)5-4-6-12(11)14/h4-6,9H,3,7-8H2,1-2H3/b11-9+. The Labute approximate surface area is 101 Å². The van der Waals surface area contributed by atoms with Crippen molar-refractivity contribution in [3.8, 4) is 5.75 Å². The molecule has 0 aliphatic carbocycles. The van der Waals surface area contributed by atoms with Crippen LogP contribution in [0.25, 0.3) is 5.57 Å². The quantitative estimate of drug-likeness (QED) is 0.581. The summed E-state index contributed by atoms with van der Waals surface area (Å²) < 4.78 is 10.6. The summed E-state index contributed by atoms with van der Waals surface area (Å²) in [4.78, 5) is 11.5. The summed E-state index contributed by atoms with van der Waals surface area (Å²) >= 11 is 0. The Morgan fingerprint density at radius 1 is 1.53 bits per heavy atom. The van der Waals surface area contributed by atoms with Crippen LogP contribution in [0.5, 0.6) is 5.75 Å². The molecule has 1 aliphatic rings. The Balaban J connectivity index is 2.35. The Morgan fingerprint density at radius 3 is 3.12 bits per heavy atom. The minimum atomic E-state index is -0.281. The number of esters is 1. The molecule has 17 heavy (non-hydrogen) atoms. The number of hydrogen-bond acceptors (Lipinski definition) is 3. The van der Waals surface area contributed by atoms with Crippen LogP contribution in [-0.4, -0.2) is 19.2 Å². The van der Waals surface area contributed by atoms with Gasteiger partial charge in [-0.05, 0) is 25.0 Å². The van der Waals surface area contributed by atoms with Crippen molar-refractivity contribution in [1.29, 1.82) is 0 Å². The van der Waals surface area contributed by atoms with Crippen LogP contribution < -0.4 is 4.74 Å². The van der Waals surface area contributed by atoms with Gasteiger partial charge in [-0.25, -0.2) is 4.79 Å². The van der Waals surface area contributed by atoms with E-state index in [1.54, 1.807) is 13.0 Å². The van der Waals surface area contributed by atoms with E-state index in [9.17, 15) is 4.79 Å². The van der Waals surface area contributed by atoms with Crippen molar-refractivity contribution in [2.75, 3.05) is 13.2 Å². The van der Waals surface area contributed by atoms with E-state index in [1.165, 1.54) is 0 Å². The third kappa shape index (κ3) is 2.49. The average Bonchev–Trinajstić information content (AvgIpc) is 2.31.